The number of halogens is 2. The lowest BCUT2D eigenvalue weighted by molar-refractivity contribution is -0.402. The van der Waals surface area contributed by atoms with Gasteiger partial charge in [0.2, 0.25) is 0 Å². The largest absolute Gasteiger partial charge is 0.444 e. The minimum Gasteiger partial charge on any atom is -0.444 e. The molecular weight excluding hydrogens is 316 g/mol. The summed E-state index contributed by atoms with van der Waals surface area (Å²) >= 11 is 0. The molecule has 10 heteroatoms. The van der Waals surface area contributed by atoms with Gasteiger partial charge in [-0.05, 0) is 26.8 Å². The van der Waals surface area contributed by atoms with Crippen molar-refractivity contribution in [3.8, 4) is 0 Å². The van der Waals surface area contributed by atoms with Gasteiger partial charge in [-0.15, -0.1) is 0 Å². The Kier molecular flexibility index (Phi) is 6.02. The van der Waals surface area contributed by atoms with Crippen molar-refractivity contribution in [2.45, 2.75) is 38.8 Å². The van der Waals surface area contributed by atoms with Crippen LogP contribution in [-0.2, 0) is 11.3 Å². The summed E-state index contributed by atoms with van der Waals surface area (Å²) in [7, 11) is 0. The number of ether oxygens (including phenoxy) is 1. The minimum absolute atomic E-state index is 0.101. The van der Waals surface area contributed by atoms with Crippen LogP contribution in [0.1, 0.15) is 26.5 Å². The third-order valence-corrected chi connectivity index (χ3v) is 2.40. The molecule has 2 N–H and O–H groups in total. The van der Waals surface area contributed by atoms with Crippen molar-refractivity contribution in [3.05, 3.63) is 28.0 Å². The third-order valence-electron chi connectivity index (χ3n) is 2.40. The summed E-state index contributed by atoms with van der Waals surface area (Å²) < 4.78 is 36.8. The Morgan fingerprint density at radius 1 is 1.35 bits per heavy atom. The molecule has 0 unspecified atom stereocenters. The monoisotopic (exact) mass is 335 g/mol. The van der Waals surface area contributed by atoms with Crippen LogP contribution < -0.4 is 10.6 Å². The van der Waals surface area contributed by atoms with Crippen LogP contribution in [0.5, 0.6) is 0 Å². The van der Waals surface area contributed by atoms with Gasteiger partial charge in [-0.25, -0.2) is 13.6 Å². The molecule has 0 bridgehead atoms. The van der Waals surface area contributed by atoms with Gasteiger partial charge in [0.25, 0.3) is 5.92 Å². The van der Waals surface area contributed by atoms with E-state index in [2.05, 4.69) is 5.32 Å². The first-order chi connectivity index (χ1) is 10.5. The van der Waals surface area contributed by atoms with Crippen molar-refractivity contribution in [2.75, 3.05) is 13.1 Å². The van der Waals surface area contributed by atoms with Crippen LogP contribution in [0, 0.1) is 10.1 Å². The molecule has 0 aliphatic rings. The molecule has 0 atom stereocenters. The molecular formula is C13H19F2N3O5. The molecule has 1 aromatic heterocycles. The number of hydrogen-bond acceptors (Lipinski definition) is 6. The normalized spacial score (nSPS) is 12.0. The predicted molar refractivity (Wildman–Crippen MR) is 76.3 cm³/mol. The van der Waals surface area contributed by atoms with E-state index >= 15 is 0 Å². The Balaban J connectivity index is 2.34. The van der Waals surface area contributed by atoms with Crippen LogP contribution >= 0.6 is 0 Å². The van der Waals surface area contributed by atoms with Gasteiger partial charge in [0, 0.05) is 0 Å². The number of furan rings is 1. The zero-order valence-electron chi connectivity index (χ0n) is 13.0. The molecule has 0 fully saturated rings. The highest BCUT2D eigenvalue weighted by Gasteiger charge is 2.30. The number of carbonyl (C=O) groups excluding carboxylic acids is 1. The van der Waals surface area contributed by atoms with Gasteiger partial charge in [0.1, 0.15) is 16.3 Å². The Morgan fingerprint density at radius 3 is 2.52 bits per heavy atom. The van der Waals surface area contributed by atoms with Crippen LogP contribution in [0.2, 0.25) is 0 Å². The molecule has 23 heavy (non-hydrogen) atoms. The molecule has 0 aromatic carbocycles. The molecule has 0 radical (unpaired) electrons. The zero-order valence-corrected chi connectivity index (χ0v) is 13.0. The van der Waals surface area contributed by atoms with Gasteiger partial charge in [0.05, 0.1) is 25.7 Å². The van der Waals surface area contributed by atoms with Gasteiger partial charge in [-0.3, -0.25) is 10.1 Å². The number of nitrogens with zero attached hydrogens (tertiary/aromatic N) is 1. The molecule has 1 heterocycles. The molecule has 0 saturated heterocycles. The summed E-state index contributed by atoms with van der Waals surface area (Å²) in [6, 6.07) is 2.46. The van der Waals surface area contributed by atoms with E-state index in [0.29, 0.717) is 0 Å². The van der Waals surface area contributed by atoms with E-state index in [-0.39, 0.29) is 12.3 Å². The maximum absolute atomic E-state index is 13.6. The van der Waals surface area contributed by atoms with Crippen molar-refractivity contribution in [3.63, 3.8) is 0 Å². The van der Waals surface area contributed by atoms with Crippen LogP contribution in [-0.4, -0.2) is 35.6 Å². The van der Waals surface area contributed by atoms with E-state index in [1.165, 1.54) is 6.07 Å². The first-order valence-corrected chi connectivity index (χ1v) is 6.77. The standard InChI is InChI=1S/C13H19F2N3O5/c1-12(2,3)23-11(19)17-8-13(14,15)7-16-6-9-4-5-10(22-9)18(20)21/h4-5,16H,6-8H2,1-3H3,(H,17,19). The fourth-order valence-electron chi connectivity index (χ4n) is 1.51. The molecule has 0 aliphatic carbocycles. The molecule has 130 valence electrons. The van der Waals surface area contributed by atoms with Crippen molar-refractivity contribution < 1.29 is 27.7 Å². The highest BCUT2D eigenvalue weighted by molar-refractivity contribution is 5.67. The van der Waals surface area contributed by atoms with E-state index < -0.39 is 41.5 Å². The van der Waals surface area contributed by atoms with E-state index in [1.807, 2.05) is 5.32 Å². The lowest BCUT2D eigenvalue weighted by Gasteiger charge is -2.22. The SMILES string of the molecule is CC(C)(C)OC(=O)NCC(F)(F)CNCc1ccc([N+](=O)[O-])o1. The second kappa shape index (κ2) is 7.36. The summed E-state index contributed by atoms with van der Waals surface area (Å²) in [5.41, 5.74) is -0.772. The van der Waals surface area contributed by atoms with Gasteiger partial charge in [-0.1, -0.05) is 0 Å². The van der Waals surface area contributed by atoms with Crippen LogP contribution in [0.25, 0.3) is 0 Å². The Morgan fingerprint density at radius 2 is 2.00 bits per heavy atom. The second-order valence-corrected chi connectivity index (χ2v) is 5.81. The van der Waals surface area contributed by atoms with Gasteiger partial charge in [0.15, 0.2) is 0 Å². The molecule has 1 rings (SSSR count). The van der Waals surface area contributed by atoms with Crippen LogP contribution in [0.3, 0.4) is 0 Å². The lowest BCUT2D eigenvalue weighted by atomic mass is 10.2. The van der Waals surface area contributed by atoms with E-state index in [0.717, 1.165) is 6.07 Å². The summed E-state index contributed by atoms with van der Waals surface area (Å²) in [5, 5.41) is 14.8. The molecule has 0 aliphatic heterocycles. The third kappa shape index (κ3) is 7.54. The summed E-state index contributed by atoms with van der Waals surface area (Å²) in [5.74, 6) is -3.51. The number of hydrogen-bond donors (Lipinski definition) is 2. The molecule has 8 nitrogen and oxygen atoms in total. The van der Waals surface area contributed by atoms with Gasteiger partial charge < -0.3 is 19.8 Å². The fourth-order valence-corrected chi connectivity index (χ4v) is 1.51. The summed E-state index contributed by atoms with van der Waals surface area (Å²) in [4.78, 5) is 21.0. The molecule has 0 spiro atoms. The Hall–Kier alpha value is -2.23. The average Bonchev–Trinajstić information content (AvgIpc) is 2.83. The number of amides is 1. The first kappa shape index (κ1) is 18.8. The van der Waals surface area contributed by atoms with Gasteiger partial charge in [-0.2, -0.15) is 0 Å². The number of alkyl halides is 2. The number of rotatable bonds is 7. The number of nitro groups is 1. The quantitative estimate of drug-likeness (QED) is 0.585. The predicted octanol–water partition coefficient (Wildman–Crippen LogP) is 2.44. The highest BCUT2D eigenvalue weighted by atomic mass is 19.3. The second-order valence-electron chi connectivity index (χ2n) is 5.81. The van der Waals surface area contributed by atoms with Gasteiger partial charge >= 0.3 is 12.0 Å². The van der Waals surface area contributed by atoms with E-state index in [4.69, 9.17) is 9.15 Å². The van der Waals surface area contributed by atoms with Crippen LogP contribution in [0.15, 0.2) is 16.5 Å². The maximum atomic E-state index is 13.6. The molecule has 0 saturated carbocycles. The summed E-state index contributed by atoms with van der Waals surface area (Å²) in [6.07, 6.45) is -0.932. The highest BCUT2D eigenvalue weighted by Crippen LogP contribution is 2.16. The lowest BCUT2D eigenvalue weighted by Crippen LogP contribution is -2.44. The van der Waals surface area contributed by atoms with Crippen molar-refractivity contribution in [1.82, 2.24) is 10.6 Å². The van der Waals surface area contributed by atoms with Crippen molar-refractivity contribution in [1.29, 1.82) is 0 Å². The number of alkyl carbamates (subject to hydrolysis) is 1. The number of carbonyl (C=O) groups is 1. The summed E-state index contributed by atoms with van der Waals surface area (Å²) in [6.45, 7) is 3.12. The van der Waals surface area contributed by atoms with Crippen molar-refractivity contribution in [2.24, 2.45) is 0 Å². The average molecular weight is 335 g/mol. The minimum atomic E-state index is -3.21. The topological polar surface area (TPSA) is 107 Å². The fraction of sp³-hybridized carbons (Fsp3) is 0.615. The van der Waals surface area contributed by atoms with E-state index in [1.54, 1.807) is 20.8 Å². The molecule has 1 aromatic rings. The van der Waals surface area contributed by atoms with E-state index in [9.17, 15) is 23.7 Å². The maximum Gasteiger partial charge on any atom is 0.433 e. The Labute approximate surface area is 131 Å². The number of nitrogens with one attached hydrogen (secondary N) is 2. The first-order valence-electron chi connectivity index (χ1n) is 6.77. The van der Waals surface area contributed by atoms with Crippen LogP contribution in [0.4, 0.5) is 19.5 Å². The smallest absolute Gasteiger partial charge is 0.433 e. The zero-order chi connectivity index (χ0) is 17.7. The van der Waals surface area contributed by atoms with Crippen molar-refractivity contribution >= 4 is 12.0 Å². The Bertz CT molecular complexity index is 554. The molecule has 1 amide bonds.